The van der Waals surface area contributed by atoms with Crippen molar-refractivity contribution in [1.29, 1.82) is 0 Å². The summed E-state index contributed by atoms with van der Waals surface area (Å²) < 4.78 is 0. The van der Waals surface area contributed by atoms with Gasteiger partial charge in [0.2, 0.25) is 5.91 Å². The average Bonchev–Trinajstić information content (AvgIpc) is 3.02. The van der Waals surface area contributed by atoms with Gasteiger partial charge in [0.15, 0.2) is 5.96 Å². The number of anilines is 1. The Bertz CT molecular complexity index is 625. The molecule has 0 bridgehead atoms. The molecule has 0 unspecified atom stereocenters. The Hall–Kier alpha value is -1.73. The normalized spacial score (nSPS) is 14.7. The number of carbonyl (C=O) groups excluding carboxylic acids is 1. The first-order valence-corrected chi connectivity index (χ1v) is 9.70. The Morgan fingerprint density at radius 2 is 2.19 bits per heavy atom. The van der Waals surface area contributed by atoms with Crippen LogP contribution >= 0.6 is 23.2 Å². The number of guanidine groups is 1. The van der Waals surface area contributed by atoms with Gasteiger partial charge < -0.3 is 20.9 Å². The molecule has 2 rings (SSSR count). The number of likely N-dealkylation sites (tertiary alicyclic amines) is 1. The summed E-state index contributed by atoms with van der Waals surface area (Å²) in [4.78, 5) is 22.2. The van der Waals surface area contributed by atoms with E-state index < -0.39 is 0 Å². The van der Waals surface area contributed by atoms with Crippen molar-refractivity contribution in [2.45, 2.75) is 26.2 Å². The molecule has 1 aliphatic heterocycles. The summed E-state index contributed by atoms with van der Waals surface area (Å²) in [7, 11) is 0. The lowest BCUT2D eigenvalue weighted by molar-refractivity contribution is -0.127. The lowest BCUT2D eigenvalue weighted by atomic mass is 10.4. The smallest absolute Gasteiger partial charge is 0.222 e. The van der Waals surface area contributed by atoms with Crippen LogP contribution < -0.4 is 16.0 Å². The molecular formula is C17H26Cl2N6O. The van der Waals surface area contributed by atoms with Crippen LogP contribution in [-0.2, 0) is 4.79 Å². The van der Waals surface area contributed by atoms with Crippen molar-refractivity contribution in [2.75, 3.05) is 44.6 Å². The van der Waals surface area contributed by atoms with Gasteiger partial charge in [-0.25, -0.2) is 4.98 Å². The molecule has 3 N–H and O–H groups in total. The first kappa shape index (κ1) is 20.6. The molecule has 1 fully saturated rings. The molecule has 1 saturated heterocycles. The Balaban J connectivity index is 1.68. The molecule has 0 aromatic carbocycles. The average molecular weight is 401 g/mol. The molecule has 2 heterocycles. The lowest BCUT2D eigenvalue weighted by Crippen LogP contribution is -2.39. The Morgan fingerprint density at radius 1 is 1.35 bits per heavy atom. The highest BCUT2D eigenvalue weighted by atomic mass is 35.5. The van der Waals surface area contributed by atoms with Gasteiger partial charge in [-0.15, -0.1) is 0 Å². The van der Waals surface area contributed by atoms with Gasteiger partial charge >= 0.3 is 0 Å². The largest absolute Gasteiger partial charge is 0.367 e. The summed E-state index contributed by atoms with van der Waals surface area (Å²) >= 11 is 11.9. The van der Waals surface area contributed by atoms with E-state index in [2.05, 4.69) is 25.9 Å². The quantitative estimate of drug-likeness (QED) is 0.336. The van der Waals surface area contributed by atoms with Crippen LogP contribution in [0.5, 0.6) is 0 Å². The maximum atomic E-state index is 11.6. The molecule has 0 radical (unpaired) electrons. The number of rotatable bonds is 9. The maximum absolute atomic E-state index is 11.6. The summed E-state index contributed by atoms with van der Waals surface area (Å²) in [5.74, 6) is 1.63. The molecule has 7 nitrogen and oxygen atoms in total. The fraction of sp³-hybridized carbons (Fsp3) is 0.588. The van der Waals surface area contributed by atoms with E-state index in [-0.39, 0.29) is 5.91 Å². The Labute approximate surface area is 164 Å². The van der Waals surface area contributed by atoms with Crippen molar-refractivity contribution in [3.63, 3.8) is 0 Å². The van der Waals surface area contributed by atoms with Crippen molar-refractivity contribution in [3.8, 4) is 0 Å². The third kappa shape index (κ3) is 6.88. The van der Waals surface area contributed by atoms with E-state index in [9.17, 15) is 4.79 Å². The van der Waals surface area contributed by atoms with E-state index in [1.54, 1.807) is 12.3 Å². The van der Waals surface area contributed by atoms with Crippen LogP contribution in [0, 0.1) is 0 Å². The third-order valence-electron chi connectivity index (χ3n) is 3.89. The third-order valence-corrected chi connectivity index (χ3v) is 4.38. The summed E-state index contributed by atoms with van der Waals surface area (Å²) in [5, 5.41) is 10.6. The monoisotopic (exact) mass is 400 g/mol. The summed E-state index contributed by atoms with van der Waals surface area (Å²) in [6, 6.07) is 1.66. The van der Waals surface area contributed by atoms with Gasteiger partial charge in [-0.3, -0.25) is 9.79 Å². The second-order valence-corrected chi connectivity index (χ2v) is 6.78. The number of hydrogen-bond acceptors (Lipinski definition) is 4. The van der Waals surface area contributed by atoms with E-state index in [1.165, 1.54) is 0 Å². The first-order chi connectivity index (χ1) is 12.6. The molecule has 144 valence electrons. The van der Waals surface area contributed by atoms with E-state index in [4.69, 9.17) is 23.2 Å². The van der Waals surface area contributed by atoms with Crippen LogP contribution in [0.3, 0.4) is 0 Å². The zero-order valence-corrected chi connectivity index (χ0v) is 16.5. The fourth-order valence-corrected chi connectivity index (χ4v) is 3.09. The number of aliphatic imine (C=N–C) groups is 1. The molecule has 0 aliphatic carbocycles. The van der Waals surface area contributed by atoms with Crippen molar-refractivity contribution in [3.05, 3.63) is 22.3 Å². The number of aromatic nitrogens is 1. The van der Waals surface area contributed by atoms with E-state index in [0.29, 0.717) is 41.9 Å². The maximum Gasteiger partial charge on any atom is 0.222 e. The SMILES string of the molecule is CCNC(=NCCCN1CCCC1=O)NCCNc1ncc(Cl)cc1Cl. The number of carbonyl (C=O) groups is 1. The van der Waals surface area contributed by atoms with Gasteiger partial charge in [0.25, 0.3) is 0 Å². The minimum Gasteiger partial charge on any atom is -0.367 e. The molecule has 0 saturated carbocycles. The second-order valence-electron chi connectivity index (χ2n) is 5.94. The minimum absolute atomic E-state index is 0.263. The molecule has 0 spiro atoms. The van der Waals surface area contributed by atoms with Crippen LogP contribution in [0.2, 0.25) is 10.0 Å². The molecule has 1 aromatic rings. The van der Waals surface area contributed by atoms with Crippen molar-refractivity contribution < 1.29 is 4.79 Å². The Kier molecular flexibility index (Phi) is 8.77. The first-order valence-electron chi connectivity index (χ1n) is 8.95. The molecule has 1 aliphatic rings. The highest BCUT2D eigenvalue weighted by Crippen LogP contribution is 2.21. The van der Waals surface area contributed by atoms with Crippen molar-refractivity contribution in [2.24, 2.45) is 4.99 Å². The van der Waals surface area contributed by atoms with Gasteiger partial charge in [-0.1, -0.05) is 23.2 Å². The van der Waals surface area contributed by atoms with Crippen LogP contribution in [-0.4, -0.2) is 61.0 Å². The molecule has 9 heteroatoms. The number of nitrogens with one attached hydrogen (secondary N) is 3. The highest BCUT2D eigenvalue weighted by Gasteiger charge is 2.18. The van der Waals surface area contributed by atoms with Gasteiger partial charge in [0.05, 0.1) is 10.0 Å². The van der Waals surface area contributed by atoms with Crippen LogP contribution in [0.1, 0.15) is 26.2 Å². The summed E-state index contributed by atoms with van der Waals surface area (Å²) in [6.07, 6.45) is 4.09. The predicted molar refractivity (Wildman–Crippen MR) is 107 cm³/mol. The van der Waals surface area contributed by atoms with Crippen LogP contribution in [0.4, 0.5) is 5.82 Å². The number of hydrogen-bond donors (Lipinski definition) is 3. The van der Waals surface area contributed by atoms with Crippen LogP contribution in [0.25, 0.3) is 0 Å². The van der Waals surface area contributed by atoms with Gasteiger partial charge in [-0.2, -0.15) is 0 Å². The second kappa shape index (κ2) is 11.1. The van der Waals surface area contributed by atoms with Gasteiger partial charge in [-0.05, 0) is 25.8 Å². The molecule has 1 aromatic heterocycles. The highest BCUT2D eigenvalue weighted by molar-refractivity contribution is 6.35. The molecule has 0 atom stereocenters. The van der Waals surface area contributed by atoms with Crippen molar-refractivity contribution >= 4 is 40.9 Å². The molecule has 1 amide bonds. The number of amides is 1. The van der Waals surface area contributed by atoms with Crippen LogP contribution in [0.15, 0.2) is 17.3 Å². The van der Waals surface area contributed by atoms with E-state index >= 15 is 0 Å². The standard InChI is InChI=1S/C17H26Cl2N6O/c1-2-20-17(22-6-4-10-25-9-3-5-15(25)26)23-8-7-21-16-14(19)11-13(18)12-24-16/h11-12H,2-10H2,1H3,(H,21,24)(H2,20,22,23). The summed E-state index contributed by atoms with van der Waals surface area (Å²) in [5.41, 5.74) is 0. The van der Waals surface area contributed by atoms with Gasteiger partial charge in [0.1, 0.15) is 5.82 Å². The Morgan fingerprint density at radius 3 is 2.88 bits per heavy atom. The topological polar surface area (TPSA) is 81.7 Å². The minimum atomic E-state index is 0.263. The zero-order valence-electron chi connectivity index (χ0n) is 15.0. The van der Waals surface area contributed by atoms with Crippen molar-refractivity contribution in [1.82, 2.24) is 20.5 Å². The fourth-order valence-electron chi connectivity index (χ4n) is 2.64. The zero-order chi connectivity index (χ0) is 18.8. The van der Waals surface area contributed by atoms with E-state index in [0.717, 1.165) is 38.4 Å². The predicted octanol–water partition coefficient (Wildman–Crippen LogP) is 2.37. The number of halogens is 2. The molecule has 26 heavy (non-hydrogen) atoms. The summed E-state index contributed by atoms with van der Waals surface area (Å²) in [6.45, 7) is 6.46. The van der Waals surface area contributed by atoms with E-state index in [1.807, 2.05) is 11.8 Å². The number of pyridine rings is 1. The number of nitrogens with zero attached hydrogens (tertiary/aromatic N) is 3. The molecular weight excluding hydrogens is 375 g/mol. The lowest BCUT2D eigenvalue weighted by Gasteiger charge is -2.15. The van der Waals surface area contributed by atoms with Gasteiger partial charge in [0, 0.05) is 51.9 Å².